The van der Waals surface area contributed by atoms with Gasteiger partial charge in [-0.15, -0.1) is 0 Å². The zero-order valence-electron chi connectivity index (χ0n) is 14.5. The predicted octanol–water partition coefficient (Wildman–Crippen LogP) is 0.491. The Hall–Kier alpha value is -2.32. The van der Waals surface area contributed by atoms with Gasteiger partial charge in [0, 0.05) is 39.0 Å². The van der Waals surface area contributed by atoms with Crippen molar-refractivity contribution in [3.63, 3.8) is 0 Å². The van der Waals surface area contributed by atoms with Crippen LogP contribution in [0.1, 0.15) is 31.2 Å². The number of carbonyl (C=O) groups excluding carboxylic acids is 2. The molecule has 1 aromatic rings. The van der Waals surface area contributed by atoms with Crippen molar-refractivity contribution in [2.75, 3.05) is 26.2 Å². The van der Waals surface area contributed by atoms with E-state index in [0.29, 0.717) is 51.2 Å². The van der Waals surface area contributed by atoms with Crippen LogP contribution in [0.2, 0.25) is 0 Å². The summed E-state index contributed by atoms with van der Waals surface area (Å²) in [6.45, 7) is 2.53. The van der Waals surface area contributed by atoms with Gasteiger partial charge in [-0.2, -0.15) is 5.10 Å². The first kappa shape index (κ1) is 18.5. The molecule has 0 saturated carbocycles. The van der Waals surface area contributed by atoms with Crippen molar-refractivity contribution in [1.29, 1.82) is 0 Å². The first-order chi connectivity index (χ1) is 12.5. The van der Waals surface area contributed by atoms with Crippen LogP contribution in [0, 0.1) is 5.82 Å². The molecular weight excluding hydrogens is 339 g/mol. The van der Waals surface area contributed by atoms with Crippen LogP contribution in [0.5, 0.6) is 0 Å². The van der Waals surface area contributed by atoms with Crippen LogP contribution in [0.15, 0.2) is 29.4 Å². The first-order valence-corrected chi connectivity index (χ1v) is 8.81. The smallest absolute Gasteiger partial charge is 0.267 e. The normalized spacial score (nSPS) is 20.2. The highest BCUT2D eigenvalue weighted by Crippen LogP contribution is 2.32. The average Bonchev–Trinajstić information content (AvgIpc) is 2.64. The molecule has 7 nitrogen and oxygen atoms in total. The van der Waals surface area contributed by atoms with E-state index in [-0.39, 0.29) is 24.1 Å². The van der Waals surface area contributed by atoms with Gasteiger partial charge in [0.15, 0.2) is 0 Å². The number of benzene rings is 1. The van der Waals surface area contributed by atoms with Gasteiger partial charge in [-0.25, -0.2) is 9.82 Å². The summed E-state index contributed by atoms with van der Waals surface area (Å²) in [5.74, 6) is -0.749. The molecule has 0 spiro atoms. The molecule has 1 saturated heterocycles. The second kappa shape index (κ2) is 7.92. The summed E-state index contributed by atoms with van der Waals surface area (Å²) in [4.78, 5) is 25.2. The molecule has 8 heteroatoms. The number of aliphatic hydroxyl groups is 1. The monoisotopic (exact) mass is 362 g/mol. The van der Waals surface area contributed by atoms with Gasteiger partial charge in [0.1, 0.15) is 11.5 Å². The van der Waals surface area contributed by atoms with E-state index in [4.69, 9.17) is 0 Å². The molecule has 26 heavy (non-hydrogen) atoms. The van der Waals surface area contributed by atoms with Crippen LogP contribution in [0.4, 0.5) is 4.39 Å². The number of amides is 2. The van der Waals surface area contributed by atoms with Crippen LogP contribution in [-0.4, -0.2) is 53.7 Å². The highest BCUT2D eigenvalue weighted by Gasteiger charge is 2.33. The molecule has 0 aromatic heterocycles. The SMILES string of the molecule is O=C1CCC(C(=O)NCCN2CCC(O)(c3ccc(F)cc3)CC2)=NN1. The zero-order chi connectivity index (χ0) is 18.6. The second-order valence-electron chi connectivity index (χ2n) is 6.73. The topological polar surface area (TPSA) is 94.0 Å². The van der Waals surface area contributed by atoms with E-state index in [1.54, 1.807) is 12.1 Å². The van der Waals surface area contributed by atoms with Gasteiger partial charge < -0.3 is 15.3 Å². The third-order valence-electron chi connectivity index (χ3n) is 4.94. The maximum atomic E-state index is 13.0. The van der Waals surface area contributed by atoms with E-state index in [0.717, 1.165) is 5.56 Å². The largest absolute Gasteiger partial charge is 0.385 e. The van der Waals surface area contributed by atoms with Crippen molar-refractivity contribution in [2.24, 2.45) is 5.10 Å². The minimum absolute atomic E-state index is 0.177. The van der Waals surface area contributed by atoms with Crippen LogP contribution in [0.3, 0.4) is 0 Å². The molecular formula is C18H23FN4O3. The quantitative estimate of drug-likeness (QED) is 0.711. The molecule has 2 aliphatic heterocycles. The summed E-state index contributed by atoms with van der Waals surface area (Å²) < 4.78 is 13.0. The second-order valence-corrected chi connectivity index (χ2v) is 6.73. The summed E-state index contributed by atoms with van der Waals surface area (Å²) >= 11 is 0. The number of halogens is 1. The summed E-state index contributed by atoms with van der Waals surface area (Å²) in [6, 6.07) is 6.00. The minimum atomic E-state index is -0.928. The van der Waals surface area contributed by atoms with Crippen molar-refractivity contribution in [3.8, 4) is 0 Å². The molecule has 3 N–H and O–H groups in total. The molecule has 1 fully saturated rings. The van der Waals surface area contributed by atoms with Crippen LogP contribution < -0.4 is 10.7 Å². The molecule has 3 rings (SSSR count). The van der Waals surface area contributed by atoms with Crippen LogP contribution in [0.25, 0.3) is 0 Å². The molecule has 1 aromatic carbocycles. The summed E-state index contributed by atoms with van der Waals surface area (Å²) in [7, 11) is 0. The molecule has 0 unspecified atom stereocenters. The Morgan fingerprint density at radius 2 is 1.96 bits per heavy atom. The Labute approximate surface area is 151 Å². The van der Waals surface area contributed by atoms with Crippen molar-refractivity contribution < 1.29 is 19.1 Å². The maximum absolute atomic E-state index is 13.0. The Balaban J connectivity index is 1.42. The van der Waals surface area contributed by atoms with E-state index in [9.17, 15) is 19.1 Å². The highest BCUT2D eigenvalue weighted by molar-refractivity contribution is 6.39. The lowest BCUT2D eigenvalue weighted by atomic mass is 9.84. The Morgan fingerprint density at radius 1 is 1.27 bits per heavy atom. The van der Waals surface area contributed by atoms with E-state index in [1.807, 2.05) is 0 Å². The molecule has 2 amide bonds. The number of nitrogens with one attached hydrogen (secondary N) is 2. The molecule has 2 heterocycles. The van der Waals surface area contributed by atoms with Gasteiger partial charge in [0.25, 0.3) is 5.91 Å². The van der Waals surface area contributed by atoms with Crippen molar-refractivity contribution >= 4 is 17.5 Å². The molecule has 0 bridgehead atoms. The number of piperidine rings is 1. The minimum Gasteiger partial charge on any atom is -0.385 e. The number of likely N-dealkylation sites (tertiary alicyclic amines) is 1. The maximum Gasteiger partial charge on any atom is 0.267 e. The fraction of sp³-hybridized carbons (Fsp3) is 0.500. The van der Waals surface area contributed by atoms with E-state index < -0.39 is 5.60 Å². The van der Waals surface area contributed by atoms with Gasteiger partial charge in [0.2, 0.25) is 5.91 Å². The van der Waals surface area contributed by atoms with Gasteiger partial charge in [-0.3, -0.25) is 9.59 Å². The van der Waals surface area contributed by atoms with E-state index in [2.05, 4.69) is 20.7 Å². The Morgan fingerprint density at radius 3 is 2.58 bits per heavy atom. The lowest BCUT2D eigenvalue weighted by molar-refractivity contribution is -0.121. The van der Waals surface area contributed by atoms with Crippen LogP contribution >= 0.6 is 0 Å². The van der Waals surface area contributed by atoms with Crippen LogP contribution in [-0.2, 0) is 15.2 Å². The van der Waals surface area contributed by atoms with Gasteiger partial charge in [-0.05, 0) is 30.5 Å². The molecule has 0 aliphatic carbocycles. The fourth-order valence-electron chi connectivity index (χ4n) is 3.26. The number of rotatable bonds is 5. The Bertz CT molecular complexity index is 697. The Kier molecular flexibility index (Phi) is 5.63. The van der Waals surface area contributed by atoms with Crippen molar-refractivity contribution in [3.05, 3.63) is 35.6 Å². The number of hydrazone groups is 1. The molecule has 0 atom stereocenters. The third-order valence-corrected chi connectivity index (χ3v) is 4.94. The number of hydrogen-bond donors (Lipinski definition) is 3. The lowest BCUT2D eigenvalue weighted by Crippen LogP contribution is -2.46. The van der Waals surface area contributed by atoms with Gasteiger partial charge in [-0.1, -0.05) is 12.1 Å². The summed E-state index contributed by atoms with van der Waals surface area (Å²) in [6.07, 6.45) is 1.75. The zero-order valence-corrected chi connectivity index (χ0v) is 14.5. The van der Waals surface area contributed by atoms with Crippen molar-refractivity contribution in [1.82, 2.24) is 15.6 Å². The molecule has 2 aliphatic rings. The third kappa shape index (κ3) is 4.44. The van der Waals surface area contributed by atoms with E-state index in [1.165, 1.54) is 12.1 Å². The highest BCUT2D eigenvalue weighted by atomic mass is 19.1. The first-order valence-electron chi connectivity index (χ1n) is 8.81. The predicted molar refractivity (Wildman–Crippen MR) is 93.8 cm³/mol. The standard InChI is InChI=1S/C18H23FN4O3/c19-14-3-1-13(2-4-14)18(26)7-10-23(11-8-18)12-9-20-17(25)15-5-6-16(24)22-21-15/h1-4,26H,5-12H2,(H,20,25)(H,22,24). The number of nitrogens with zero attached hydrogens (tertiary/aromatic N) is 2. The molecule has 0 radical (unpaired) electrons. The molecule has 140 valence electrons. The number of carbonyl (C=O) groups is 2. The van der Waals surface area contributed by atoms with Crippen molar-refractivity contribution in [2.45, 2.75) is 31.3 Å². The number of hydrogen-bond acceptors (Lipinski definition) is 5. The fourth-order valence-corrected chi connectivity index (χ4v) is 3.26. The van der Waals surface area contributed by atoms with Gasteiger partial charge >= 0.3 is 0 Å². The lowest BCUT2D eigenvalue weighted by Gasteiger charge is -2.38. The van der Waals surface area contributed by atoms with Gasteiger partial charge in [0.05, 0.1) is 5.60 Å². The average molecular weight is 362 g/mol. The van der Waals surface area contributed by atoms with E-state index >= 15 is 0 Å². The summed E-state index contributed by atoms with van der Waals surface area (Å²) in [5.41, 5.74) is 2.46. The summed E-state index contributed by atoms with van der Waals surface area (Å²) in [5, 5.41) is 17.4.